The number of carbonyl (C=O) groups excluding carboxylic acids is 2. The molecule has 3 aromatic rings. The van der Waals surface area contributed by atoms with Crippen molar-refractivity contribution in [2.45, 2.75) is 32.2 Å². The highest BCUT2D eigenvalue weighted by molar-refractivity contribution is 6.42. The molecule has 3 rings (SSSR count). The molecule has 0 aliphatic rings. The maximum absolute atomic E-state index is 12.7. The number of hydrogen-bond acceptors (Lipinski definition) is 3. The molecule has 1 atom stereocenters. The first kappa shape index (κ1) is 19.5. The largest absolute Gasteiger partial charge is 0.336 e. The molecule has 1 unspecified atom stereocenters. The Hall–Kier alpha value is -3.21. The van der Waals surface area contributed by atoms with Gasteiger partial charge in [0.2, 0.25) is 5.78 Å². The van der Waals surface area contributed by atoms with Crippen LogP contribution in [0.4, 0.5) is 0 Å². The lowest BCUT2D eigenvalue weighted by molar-refractivity contribution is -0.117. The standard InChI is InChI=1S/C23H25N3O2/c1-23(2,3)18-12-10-17(11-13-18)20(27)22(28)25-19(16-8-6-5-7-9-16)21-24-14-15-26(21)4/h5-15,19H,1-4H3,(H,25,28). The van der Waals surface area contributed by atoms with Crippen molar-refractivity contribution < 1.29 is 9.59 Å². The molecule has 1 N–H and O–H groups in total. The van der Waals surface area contributed by atoms with Crippen LogP contribution in [0, 0.1) is 0 Å². The summed E-state index contributed by atoms with van der Waals surface area (Å²) in [6, 6.07) is 16.2. The summed E-state index contributed by atoms with van der Waals surface area (Å²) in [5.74, 6) is -0.550. The van der Waals surface area contributed by atoms with E-state index < -0.39 is 17.7 Å². The van der Waals surface area contributed by atoms with Gasteiger partial charge in [-0.3, -0.25) is 9.59 Å². The number of imidazole rings is 1. The van der Waals surface area contributed by atoms with Crippen molar-refractivity contribution in [2.24, 2.45) is 7.05 Å². The Balaban J connectivity index is 1.84. The molecule has 0 radical (unpaired) electrons. The number of nitrogens with one attached hydrogen (secondary N) is 1. The van der Waals surface area contributed by atoms with Gasteiger partial charge in [-0.15, -0.1) is 0 Å². The molecular formula is C23H25N3O2. The number of ketones is 1. The number of hydrogen-bond donors (Lipinski definition) is 1. The number of amides is 1. The van der Waals surface area contributed by atoms with E-state index in [1.165, 1.54) is 0 Å². The third-order valence-corrected chi connectivity index (χ3v) is 4.74. The van der Waals surface area contributed by atoms with Crippen molar-refractivity contribution in [3.8, 4) is 0 Å². The number of carbonyl (C=O) groups is 2. The number of aromatic nitrogens is 2. The number of Topliss-reactive ketones (excluding diaryl/α,β-unsaturated/α-hetero) is 1. The van der Waals surface area contributed by atoms with Crippen LogP contribution in [-0.2, 0) is 17.3 Å². The van der Waals surface area contributed by atoms with Crippen LogP contribution in [0.2, 0.25) is 0 Å². The van der Waals surface area contributed by atoms with Crippen LogP contribution < -0.4 is 5.32 Å². The van der Waals surface area contributed by atoms with Crippen LogP contribution in [0.1, 0.15) is 54.1 Å². The van der Waals surface area contributed by atoms with E-state index in [0.29, 0.717) is 11.4 Å². The van der Waals surface area contributed by atoms with Crippen molar-refractivity contribution in [3.05, 3.63) is 89.5 Å². The zero-order valence-electron chi connectivity index (χ0n) is 16.6. The summed E-state index contributed by atoms with van der Waals surface area (Å²) in [6.45, 7) is 6.32. The van der Waals surface area contributed by atoms with E-state index in [1.807, 2.05) is 60.3 Å². The maximum atomic E-state index is 12.7. The van der Waals surface area contributed by atoms with Crippen LogP contribution in [0.15, 0.2) is 67.0 Å². The molecule has 1 heterocycles. The summed E-state index contributed by atoms with van der Waals surface area (Å²) in [4.78, 5) is 29.8. The average molecular weight is 375 g/mol. The molecule has 2 aromatic carbocycles. The molecule has 0 saturated heterocycles. The van der Waals surface area contributed by atoms with E-state index in [4.69, 9.17) is 0 Å². The van der Waals surface area contributed by atoms with Gasteiger partial charge in [0.1, 0.15) is 11.9 Å². The van der Waals surface area contributed by atoms with E-state index in [9.17, 15) is 9.59 Å². The highest BCUT2D eigenvalue weighted by atomic mass is 16.2. The van der Waals surface area contributed by atoms with Gasteiger partial charge in [-0.25, -0.2) is 4.98 Å². The van der Waals surface area contributed by atoms with Crippen LogP contribution >= 0.6 is 0 Å². The molecule has 28 heavy (non-hydrogen) atoms. The minimum atomic E-state index is -0.652. The minimum absolute atomic E-state index is 0.0134. The minimum Gasteiger partial charge on any atom is -0.336 e. The van der Waals surface area contributed by atoms with Crippen LogP contribution in [0.5, 0.6) is 0 Å². The van der Waals surface area contributed by atoms with Gasteiger partial charge in [0.25, 0.3) is 5.91 Å². The number of rotatable bonds is 5. The molecule has 5 nitrogen and oxygen atoms in total. The Kier molecular flexibility index (Phi) is 5.45. The zero-order valence-corrected chi connectivity index (χ0v) is 16.6. The Labute approximate surface area is 165 Å². The van der Waals surface area contributed by atoms with Gasteiger partial charge in [0.05, 0.1) is 0 Å². The lowest BCUT2D eigenvalue weighted by Crippen LogP contribution is -2.36. The second-order valence-electron chi connectivity index (χ2n) is 7.87. The molecule has 1 aromatic heterocycles. The maximum Gasteiger partial charge on any atom is 0.293 e. The quantitative estimate of drug-likeness (QED) is 0.545. The SMILES string of the molecule is Cn1ccnc1C(NC(=O)C(=O)c1ccc(C(C)(C)C)cc1)c1ccccc1. The van der Waals surface area contributed by atoms with E-state index in [1.54, 1.807) is 18.3 Å². The van der Waals surface area contributed by atoms with Crippen LogP contribution in [0.25, 0.3) is 0 Å². The molecule has 0 saturated carbocycles. The first-order valence-corrected chi connectivity index (χ1v) is 9.25. The molecule has 5 heteroatoms. The Morgan fingerprint density at radius 2 is 1.64 bits per heavy atom. The normalized spacial score (nSPS) is 12.4. The number of benzene rings is 2. The van der Waals surface area contributed by atoms with Gasteiger partial charge in [-0.1, -0.05) is 75.4 Å². The lowest BCUT2D eigenvalue weighted by Gasteiger charge is -2.20. The second kappa shape index (κ2) is 7.80. The van der Waals surface area contributed by atoms with Gasteiger partial charge < -0.3 is 9.88 Å². The van der Waals surface area contributed by atoms with E-state index in [2.05, 4.69) is 31.1 Å². The first-order valence-electron chi connectivity index (χ1n) is 9.25. The fourth-order valence-corrected chi connectivity index (χ4v) is 3.05. The van der Waals surface area contributed by atoms with Crippen molar-refractivity contribution in [1.82, 2.24) is 14.9 Å². The fourth-order valence-electron chi connectivity index (χ4n) is 3.05. The Morgan fingerprint density at radius 3 is 2.18 bits per heavy atom. The van der Waals surface area contributed by atoms with Gasteiger partial charge in [0.15, 0.2) is 0 Å². The third kappa shape index (κ3) is 4.19. The van der Waals surface area contributed by atoms with Crippen molar-refractivity contribution in [2.75, 3.05) is 0 Å². The van der Waals surface area contributed by atoms with Gasteiger partial charge in [-0.05, 0) is 16.5 Å². The predicted molar refractivity (Wildman–Crippen MR) is 109 cm³/mol. The molecule has 0 aliphatic heterocycles. The average Bonchev–Trinajstić information content (AvgIpc) is 3.11. The smallest absolute Gasteiger partial charge is 0.293 e. The summed E-state index contributed by atoms with van der Waals surface area (Å²) < 4.78 is 1.83. The summed E-state index contributed by atoms with van der Waals surface area (Å²) in [7, 11) is 1.86. The summed E-state index contributed by atoms with van der Waals surface area (Å²) in [5.41, 5.74) is 2.33. The zero-order chi connectivity index (χ0) is 20.3. The summed E-state index contributed by atoms with van der Waals surface area (Å²) in [5, 5.41) is 2.85. The van der Waals surface area contributed by atoms with E-state index in [0.717, 1.165) is 11.1 Å². The molecular weight excluding hydrogens is 350 g/mol. The van der Waals surface area contributed by atoms with Crippen molar-refractivity contribution in [1.29, 1.82) is 0 Å². The topological polar surface area (TPSA) is 64.0 Å². The molecule has 144 valence electrons. The highest BCUT2D eigenvalue weighted by Crippen LogP contribution is 2.23. The van der Waals surface area contributed by atoms with Crippen LogP contribution in [0.3, 0.4) is 0 Å². The number of nitrogens with zero attached hydrogens (tertiary/aromatic N) is 2. The second-order valence-corrected chi connectivity index (χ2v) is 7.87. The Morgan fingerprint density at radius 1 is 1.00 bits per heavy atom. The van der Waals surface area contributed by atoms with Crippen LogP contribution in [-0.4, -0.2) is 21.2 Å². The summed E-state index contributed by atoms with van der Waals surface area (Å²) in [6.07, 6.45) is 3.48. The molecule has 0 spiro atoms. The fraction of sp³-hybridized carbons (Fsp3) is 0.261. The van der Waals surface area contributed by atoms with E-state index in [-0.39, 0.29) is 5.41 Å². The first-order chi connectivity index (χ1) is 13.3. The predicted octanol–water partition coefficient (Wildman–Crippen LogP) is 3.81. The number of aryl methyl sites for hydroxylation is 1. The van der Waals surface area contributed by atoms with Crippen molar-refractivity contribution >= 4 is 11.7 Å². The molecule has 0 fully saturated rings. The van der Waals surface area contributed by atoms with Crippen molar-refractivity contribution in [3.63, 3.8) is 0 Å². The summed E-state index contributed by atoms with van der Waals surface area (Å²) >= 11 is 0. The van der Waals surface area contributed by atoms with Gasteiger partial charge >= 0.3 is 0 Å². The highest BCUT2D eigenvalue weighted by Gasteiger charge is 2.25. The van der Waals surface area contributed by atoms with E-state index >= 15 is 0 Å². The lowest BCUT2D eigenvalue weighted by atomic mass is 9.86. The Bertz CT molecular complexity index is 967. The van der Waals surface area contributed by atoms with Gasteiger partial charge in [-0.2, -0.15) is 0 Å². The molecule has 0 aliphatic carbocycles. The molecule has 1 amide bonds. The van der Waals surface area contributed by atoms with Gasteiger partial charge in [0, 0.05) is 25.0 Å². The molecule has 0 bridgehead atoms. The monoisotopic (exact) mass is 375 g/mol. The third-order valence-electron chi connectivity index (χ3n) is 4.74.